The molecule has 0 bridgehead atoms. The Balaban J connectivity index is 1.94. The van der Waals surface area contributed by atoms with Crippen LogP contribution in [0.15, 0.2) is 35.4 Å². The summed E-state index contributed by atoms with van der Waals surface area (Å²) >= 11 is 1.50. The SMILES string of the molecule is OCCOc1ccc2nccc(SC3(C(O)O)CCC3)c2c1. The minimum absolute atomic E-state index is 0.0352. The molecule has 1 aliphatic rings. The zero-order valence-electron chi connectivity index (χ0n) is 12.1. The molecule has 1 aliphatic carbocycles. The highest BCUT2D eigenvalue weighted by molar-refractivity contribution is 8.01. The molecule has 1 saturated carbocycles. The van der Waals surface area contributed by atoms with Gasteiger partial charge in [0.2, 0.25) is 0 Å². The molecule has 0 radical (unpaired) electrons. The van der Waals surface area contributed by atoms with Crippen molar-refractivity contribution in [2.24, 2.45) is 0 Å². The maximum atomic E-state index is 9.69. The molecule has 3 N–H and O–H groups in total. The van der Waals surface area contributed by atoms with Crippen LogP contribution in [-0.4, -0.2) is 44.6 Å². The number of nitrogens with zero attached hydrogens (tertiary/aromatic N) is 1. The smallest absolute Gasteiger partial charge is 0.166 e. The summed E-state index contributed by atoms with van der Waals surface area (Å²) in [5, 5.41) is 29.2. The standard InChI is InChI=1S/C16H19NO4S/c18-8-9-21-11-2-3-13-12(10-11)14(4-7-17-13)22-16(15(19)20)5-1-6-16/h2-4,7,10,15,18-20H,1,5-6,8-9H2. The molecule has 6 heteroatoms. The fraction of sp³-hybridized carbons (Fsp3) is 0.438. The molecule has 1 heterocycles. The Kier molecular flexibility index (Phi) is 4.54. The minimum atomic E-state index is -1.33. The number of hydrogen-bond acceptors (Lipinski definition) is 6. The topological polar surface area (TPSA) is 82.8 Å². The van der Waals surface area contributed by atoms with Gasteiger partial charge in [0.25, 0.3) is 0 Å². The number of thioether (sulfide) groups is 1. The number of ether oxygens (including phenoxy) is 1. The molecule has 0 atom stereocenters. The number of aromatic nitrogens is 1. The first-order chi connectivity index (χ1) is 10.6. The summed E-state index contributed by atoms with van der Waals surface area (Å²) in [5.74, 6) is 0.670. The van der Waals surface area contributed by atoms with Gasteiger partial charge in [0.05, 0.1) is 16.9 Å². The first-order valence-electron chi connectivity index (χ1n) is 7.32. The van der Waals surface area contributed by atoms with Crippen LogP contribution in [0.5, 0.6) is 5.75 Å². The van der Waals surface area contributed by atoms with Gasteiger partial charge in [-0.25, -0.2) is 0 Å². The summed E-state index contributed by atoms with van der Waals surface area (Å²) in [6.07, 6.45) is 3.00. The molecule has 0 amide bonds. The van der Waals surface area contributed by atoms with Gasteiger partial charge in [0, 0.05) is 16.5 Å². The molecule has 5 nitrogen and oxygen atoms in total. The first kappa shape index (κ1) is 15.6. The molecule has 0 aliphatic heterocycles. The Hall–Kier alpha value is -1.34. The summed E-state index contributed by atoms with van der Waals surface area (Å²) < 4.78 is 4.93. The number of benzene rings is 1. The summed E-state index contributed by atoms with van der Waals surface area (Å²) in [6.45, 7) is 0.208. The third-order valence-corrected chi connectivity index (χ3v) is 5.62. The number of rotatable bonds is 6. The van der Waals surface area contributed by atoms with Crippen LogP contribution in [0.25, 0.3) is 10.9 Å². The van der Waals surface area contributed by atoms with Crippen molar-refractivity contribution in [3.8, 4) is 5.75 Å². The highest BCUT2D eigenvalue weighted by atomic mass is 32.2. The van der Waals surface area contributed by atoms with E-state index in [2.05, 4.69) is 4.98 Å². The molecule has 1 aromatic heterocycles. The lowest BCUT2D eigenvalue weighted by Crippen LogP contribution is -2.45. The lowest BCUT2D eigenvalue weighted by Gasteiger charge is -2.42. The number of fused-ring (bicyclic) bond motifs is 1. The molecule has 0 unspecified atom stereocenters. The van der Waals surface area contributed by atoms with Crippen LogP contribution in [0, 0.1) is 0 Å². The van der Waals surface area contributed by atoms with Crippen molar-refractivity contribution in [1.82, 2.24) is 4.98 Å². The van der Waals surface area contributed by atoms with Crippen molar-refractivity contribution in [2.45, 2.75) is 35.2 Å². The van der Waals surface area contributed by atoms with E-state index in [1.54, 1.807) is 6.20 Å². The minimum Gasteiger partial charge on any atom is -0.491 e. The number of pyridine rings is 1. The van der Waals surface area contributed by atoms with Crippen LogP contribution >= 0.6 is 11.8 Å². The van der Waals surface area contributed by atoms with E-state index in [-0.39, 0.29) is 13.2 Å². The van der Waals surface area contributed by atoms with Crippen LogP contribution in [-0.2, 0) is 0 Å². The highest BCUT2D eigenvalue weighted by Crippen LogP contribution is 2.50. The quantitative estimate of drug-likeness (QED) is 0.705. The Labute approximate surface area is 133 Å². The zero-order valence-corrected chi connectivity index (χ0v) is 12.9. The Morgan fingerprint density at radius 1 is 1.27 bits per heavy atom. The maximum Gasteiger partial charge on any atom is 0.166 e. The van der Waals surface area contributed by atoms with Gasteiger partial charge in [-0.05, 0) is 37.1 Å². The van der Waals surface area contributed by atoms with Crippen molar-refractivity contribution < 1.29 is 20.1 Å². The van der Waals surface area contributed by atoms with Crippen LogP contribution < -0.4 is 4.74 Å². The Bertz CT molecular complexity index is 658. The van der Waals surface area contributed by atoms with Gasteiger partial charge < -0.3 is 20.1 Å². The Morgan fingerprint density at radius 2 is 2.09 bits per heavy atom. The number of hydrogen-bond donors (Lipinski definition) is 3. The number of aliphatic hydroxyl groups is 3. The van der Waals surface area contributed by atoms with Crippen molar-refractivity contribution in [3.05, 3.63) is 30.5 Å². The average Bonchev–Trinajstić information content (AvgIpc) is 2.48. The second-order valence-corrected chi connectivity index (χ2v) is 6.91. The molecule has 3 rings (SSSR count). The largest absolute Gasteiger partial charge is 0.491 e. The van der Waals surface area contributed by atoms with Gasteiger partial charge in [-0.15, -0.1) is 11.8 Å². The average molecular weight is 321 g/mol. The van der Waals surface area contributed by atoms with Crippen LogP contribution in [0.4, 0.5) is 0 Å². The second kappa shape index (κ2) is 6.42. The molecule has 1 aromatic carbocycles. The summed E-state index contributed by atoms with van der Waals surface area (Å²) in [6, 6.07) is 7.47. The Morgan fingerprint density at radius 3 is 2.73 bits per heavy atom. The van der Waals surface area contributed by atoms with E-state index in [9.17, 15) is 10.2 Å². The second-order valence-electron chi connectivity index (χ2n) is 5.45. The molecule has 22 heavy (non-hydrogen) atoms. The van der Waals surface area contributed by atoms with Crippen LogP contribution in [0.3, 0.4) is 0 Å². The van der Waals surface area contributed by atoms with Gasteiger partial charge in [0.1, 0.15) is 12.4 Å². The van der Waals surface area contributed by atoms with Gasteiger partial charge in [-0.1, -0.05) is 6.42 Å². The molecule has 118 valence electrons. The van der Waals surface area contributed by atoms with Crippen molar-refractivity contribution >= 4 is 22.7 Å². The van der Waals surface area contributed by atoms with Gasteiger partial charge in [-0.3, -0.25) is 4.98 Å². The van der Waals surface area contributed by atoms with E-state index < -0.39 is 11.0 Å². The van der Waals surface area contributed by atoms with Gasteiger partial charge >= 0.3 is 0 Å². The van der Waals surface area contributed by atoms with Crippen LogP contribution in [0.2, 0.25) is 0 Å². The van der Waals surface area contributed by atoms with E-state index in [4.69, 9.17) is 9.84 Å². The van der Waals surface area contributed by atoms with Gasteiger partial charge in [0.15, 0.2) is 6.29 Å². The highest BCUT2D eigenvalue weighted by Gasteiger charge is 2.44. The summed E-state index contributed by atoms with van der Waals surface area (Å²) in [5.41, 5.74) is 0.836. The van der Waals surface area contributed by atoms with Crippen molar-refractivity contribution in [2.75, 3.05) is 13.2 Å². The molecule has 0 saturated heterocycles. The van der Waals surface area contributed by atoms with E-state index in [1.165, 1.54) is 11.8 Å². The lowest BCUT2D eigenvalue weighted by molar-refractivity contribution is -0.0885. The predicted octanol–water partition coefficient (Wildman–Crippen LogP) is 1.93. The van der Waals surface area contributed by atoms with Crippen molar-refractivity contribution in [1.29, 1.82) is 0 Å². The molecular weight excluding hydrogens is 302 g/mol. The first-order valence-corrected chi connectivity index (χ1v) is 8.14. The number of aliphatic hydroxyl groups excluding tert-OH is 2. The van der Waals surface area contributed by atoms with E-state index >= 15 is 0 Å². The van der Waals surface area contributed by atoms with Crippen LogP contribution in [0.1, 0.15) is 19.3 Å². The van der Waals surface area contributed by atoms with Gasteiger partial charge in [-0.2, -0.15) is 0 Å². The summed E-state index contributed by atoms with van der Waals surface area (Å²) in [4.78, 5) is 5.30. The summed E-state index contributed by atoms with van der Waals surface area (Å²) in [7, 11) is 0. The van der Waals surface area contributed by atoms with E-state index in [0.717, 1.165) is 35.1 Å². The molecule has 1 fully saturated rings. The monoisotopic (exact) mass is 321 g/mol. The molecule has 2 aromatic rings. The predicted molar refractivity (Wildman–Crippen MR) is 85.0 cm³/mol. The van der Waals surface area contributed by atoms with E-state index in [0.29, 0.717) is 5.75 Å². The van der Waals surface area contributed by atoms with E-state index in [1.807, 2.05) is 24.3 Å². The lowest BCUT2D eigenvalue weighted by atomic mass is 9.84. The normalized spacial score (nSPS) is 16.7. The molecule has 0 spiro atoms. The van der Waals surface area contributed by atoms with Crippen molar-refractivity contribution in [3.63, 3.8) is 0 Å². The fourth-order valence-electron chi connectivity index (χ4n) is 2.60. The third kappa shape index (κ3) is 2.92. The zero-order chi connectivity index (χ0) is 15.6. The molecular formula is C16H19NO4S. The fourth-order valence-corrected chi connectivity index (χ4v) is 4.04. The maximum absolute atomic E-state index is 9.69. The third-order valence-electron chi connectivity index (χ3n) is 4.02.